The molecular formula is C56H46N4O8S2. The molecule has 8 aromatic carbocycles. The number of carbonyl (C=O) groups excluding carboxylic acids is 2. The Morgan fingerprint density at radius 3 is 1.01 bits per heavy atom. The Morgan fingerprint density at radius 2 is 0.686 bits per heavy atom. The van der Waals surface area contributed by atoms with Crippen molar-refractivity contribution in [3.63, 3.8) is 0 Å². The summed E-state index contributed by atoms with van der Waals surface area (Å²) in [6.45, 7) is 1.07. The maximum Gasteiger partial charge on any atom is 0.336 e. The molecule has 0 aliphatic carbocycles. The molecule has 0 atom stereocenters. The van der Waals surface area contributed by atoms with Gasteiger partial charge in [-0.25, -0.2) is 19.2 Å². The third-order valence-electron chi connectivity index (χ3n) is 10.7. The number of ether oxygens (including phenoxy) is 2. The molecule has 14 heteroatoms. The molecule has 12 nitrogen and oxygen atoms in total. The van der Waals surface area contributed by atoms with E-state index in [0.717, 1.165) is 43.8 Å². The van der Waals surface area contributed by atoms with Crippen LogP contribution in [0.2, 0.25) is 0 Å². The molecule has 4 N–H and O–H groups in total. The van der Waals surface area contributed by atoms with Gasteiger partial charge in [0.15, 0.2) is 0 Å². The molecule has 0 spiro atoms. The van der Waals surface area contributed by atoms with E-state index in [-0.39, 0.29) is 47.1 Å². The second kappa shape index (κ2) is 23.5. The van der Waals surface area contributed by atoms with E-state index in [1.165, 1.54) is 24.3 Å². The number of hydrogen-bond acceptors (Lipinski definition) is 8. The largest absolute Gasteiger partial charge is 0.478 e. The van der Waals surface area contributed by atoms with Crippen molar-refractivity contribution in [1.29, 1.82) is 0 Å². The molecule has 8 rings (SSSR count). The smallest absolute Gasteiger partial charge is 0.336 e. The summed E-state index contributed by atoms with van der Waals surface area (Å²) in [6.07, 6.45) is 0. The zero-order chi connectivity index (χ0) is 48.7. The number of rotatable bonds is 19. The van der Waals surface area contributed by atoms with Crippen LogP contribution in [-0.2, 0) is 26.2 Å². The molecule has 0 fully saturated rings. The Labute approximate surface area is 412 Å². The van der Waals surface area contributed by atoms with Gasteiger partial charge in [0.05, 0.1) is 11.1 Å². The lowest BCUT2D eigenvalue weighted by Gasteiger charge is -2.24. The van der Waals surface area contributed by atoms with Gasteiger partial charge in [-0.05, 0) is 107 Å². The average molecular weight is 967 g/mol. The number of urea groups is 2. The van der Waals surface area contributed by atoms with E-state index in [1.807, 2.05) is 170 Å². The average Bonchev–Trinajstić information content (AvgIpc) is 3.37. The molecule has 70 heavy (non-hydrogen) atoms. The first kappa shape index (κ1) is 48.0. The van der Waals surface area contributed by atoms with Crippen molar-refractivity contribution >= 4 is 57.0 Å². The van der Waals surface area contributed by atoms with Crippen LogP contribution in [0.5, 0.6) is 23.0 Å². The van der Waals surface area contributed by atoms with Crippen molar-refractivity contribution in [1.82, 2.24) is 9.80 Å². The van der Waals surface area contributed by atoms with E-state index in [1.54, 1.807) is 21.9 Å². The minimum atomic E-state index is -1.21. The minimum absolute atomic E-state index is 0.0491. The van der Waals surface area contributed by atoms with E-state index in [9.17, 15) is 29.4 Å². The third-order valence-corrected chi connectivity index (χ3v) is 13.2. The van der Waals surface area contributed by atoms with E-state index < -0.39 is 24.0 Å². The Balaban J connectivity index is 0.973. The molecule has 0 radical (unpaired) electrons. The molecule has 0 aromatic heterocycles. The van der Waals surface area contributed by atoms with Gasteiger partial charge >= 0.3 is 24.0 Å². The Hall–Kier alpha value is -8.46. The van der Waals surface area contributed by atoms with E-state index in [0.29, 0.717) is 34.4 Å². The molecule has 0 unspecified atom stereocenters. The highest BCUT2D eigenvalue weighted by Crippen LogP contribution is 2.42. The number of aromatic carboxylic acids is 2. The van der Waals surface area contributed by atoms with Crippen LogP contribution in [0.1, 0.15) is 43.0 Å². The number of carboxylic acids is 2. The van der Waals surface area contributed by atoms with Crippen LogP contribution in [0.3, 0.4) is 0 Å². The number of para-hydroxylation sites is 2. The van der Waals surface area contributed by atoms with Gasteiger partial charge in [-0.15, -0.1) is 0 Å². The Bertz CT molecular complexity index is 2830. The predicted octanol–water partition coefficient (Wildman–Crippen LogP) is 13.9. The van der Waals surface area contributed by atoms with Gasteiger partial charge in [0.1, 0.15) is 23.0 Å². The summed E-state index contributed by atoms with van der Waals surface area (Å²) >= 11 is 0. The van der Waals surface area contributed by atoms with Crippen LogP contribution in [-0.4, -0.2) is 44.0 Å². The van der Waals surface area contributed by atoms with Gasteiger partial charge in [0.25, 0.3) is 0 Å². The third kappa shape index (κ3) is 13.6. The molecule has 4 amide bonds. The lowest BCUT2D eigenvalue weighted by Crippen LogP contribution is -2.34. The van der Waals surface area contributed by atoms with Crippen molar-refractivity contribution in [2.75, 3.05) is 10.6 Å². The van der Waals surface area contributed by atoms with Crippen LogP contribution < -0.4 is 20.1 Å². The number of anilines is 2. The van der Waals surface area contributed by atoms with Gasteiger partial charge in [-0.3, -0.25) is 0 Å². The summed E-state index contributed by atoms with van der Waals surface area (Å²) in [4.78, 5) is 56.9. The second-order valence-electron chi connectivity index (χ2n) is 15.9. The fourth-order valence-corrected chi connectivity index (χ4v) is 9.59. The lowest BCUT2D eigenvalue weighted by molar-refractivity contribution is 0.0682. The standard InChI is InChI=1S/C56H46N4O8S2/c61-53(62)49-31-25-43(57-55(65)59(35-39-13-5-1-6-14-39)37-41-21-27-47(28-22-41)67-45-17-9-3-10-18-45)33-51(49)69-70-52-34-44(26-32-50(52)54(63)64)58-56(66)60(36-40-15-7-2-8-16-40)38-42-23-29-48(30-24-42)68-46-19-11-4-12-20-46/h1-34H,35-38H2,(H,57,65)(H,58,66)(H,61,62)(H,63,64). The fourth-order valence-electron chi connectivity index (χ4n) is 7.21. The van der Waals surface area contributed by atoms with Crippen LogP contribution >= 0.6 is 21.6 Å². The summed E-state index contributed by atoms with van der Waals surface area (Å²) < 4.78 is 11.9. The SMILES string of the molecule is O=C(O)c1ccc(NC(=O)N(Cc2ccccc2)Cc2ccc(Oc3ccccc3)cc2)cc1SSc1cc(NC(=O)N(Cc2ccccc2)Cc2ccc(Oc3ccccc3)cc2)ccc1C(=O)O. The van der Waals surface area contributed by atoms with Crippen molar-refractivity contribution in [2.45, 2.75) is 36.0 Å². The molecule has 8 aromatic rings. The van der Waals surface area contributed by atoms with Gasteiger partial charge in [-0.1, -0.05) is 143 Å². The summed E-state index contributed by atoms with van der Waals surface area (Å²) in [5, 5.41) is 26.3. The number of hydrogen-bond donors (Lipinski definition) is 4. The number of nitrogens with zero attached hydrogens (tertiary/aromatic N) is 2. The second-order valence-corrected chi connectivity index (χ2v) is 18.1. The molecule has 0 heterocycles. The Kier molecular flexibility index (Phi) is 16.1. The van der Waals surface area contributed by atoms with Crippen molar-refractivity contribution in [3.05, 3.63) is 240 Å². The van der Waals surface area contributed by atoms with Crippen LogP contribution in [0.25, 0.3) is 0 Å². The van der Waals surface area contributed by atoms with Gasteiger partial charge in [0.2, 0.25) is 0 Å². The summed E-state index contributed by atoms with van der Waals surface area (Å²) in [6, 6.07) is 61.0. The van der Waals surface area contributed by atoms with Crippen molar-refractivity contribution in [2.24, 2.45) is 0 Å². The first-order chi connectivity index (χ1) is 34.1. The van der Waals surface area contributed by atoms with Crippen molar-refractivity contribution in [3.8, 4) is 23.0 Å². The molecule has 0 saturated heterocycles. The number of benzene rings is 8. The predicted molar refractivity (Wildman–Crippen MR) is 274 cm³/mol. The van der Waals surface area contributed by atoms with Crippen molar-refractivity contribution < 1.29 is 38.9 Å². The van der Waals surface area contributed by atoms with Gasteiger partial charge in [-0.2, -0.15) is 0 Å². The van der Waals surface area contributed by atoms with E-state index in [2.05, 4.69) is 10.6 Å². The van der Waals surface area contributed by atoms with E-state index in [4.69, 9.17) is 9.47 Å². The highest BCUT2D eigenvalue weighted by atomic mass is 33.1. The zero-order valence-corrected chi connectivity index (χ0v) is 39.1. The molecule has 0 bridgehead atoms. The maximum atomic E-state index is 14.1. The number of amides is 4. The normalized spacial score (nSPS) is 10.7. The Morgan fingerprint density at radius 1 is 0.386 bits per heavy atom. The lowest BCUT2D eigenvalue weighted by atomic mass is 10.1. The summed E-state index contributed by atoms with van der Waals surface area (Å²) in [5.41, 5.74) is 4.10. The highest BCUT2D eigenvalue weighted by Gasteiger charge is 2.21. The molecule has 0 aliphatic rings. The van der Waals surface area contributed by atoms with E-state index >= 15 is 0 Å². The number of nitrogens with one attached hydrogen (secondary N) is 2. The maximum absolute atomic E-state index is 14.1. The summed E-state index contributed by atoms with van der Waals surface area (Å²) in [7, 11) is 2.04. The van der Waals surface area contributed by atoms with Crippen LogP contribution in [0, 0.1) is 0 Å². The molecule has 0 saturated carbocycles. The molecule has 350 valence electrons. The first-order valence-electron chi connectivity index (χ1n) is 22.0. The van der Waals surface area contributed by atoms with Gasteiger partial charge in [0, 0.05) is 47.3 Å². The highest BCUT2D eigenvalue weighted by molar-refractivity contribution is 8.76. The van der Waals surface area contributed by atoms with Gasteiger partial charge < -0.3 is 40.1 Å². The fraction of sp³-hybridized carbons (Fsp3) is 0.0714. The summed E-state index contributed by atoms with van der Waals surface area (Å²) in [5.74, 6) is 0.299. The zero-order valence-electron chi connectivity index (χ0n) is 37.5. The van der Waals surface area contributed by atoms with Crippen LogP contribution in [0.15, 0.2) is 216 Å². The number of carbonyl (C=O) groups is 4. The van der Waals surface area contributed by atoms with Crippen LogP contribution in [0.4, 0.5) is 21.0 Å². The monoisotopic (exact) mass is 966 g/mol. The quantitative estimate of drug-likeness (QED) is 0.0575. The topological polar surface area (TPSA) is 158 Å². The number of carboxylic acid groups (broad SMARTS) is 2. The minimum Gasteiger partial charge on any atom is -0.478 e. The molecular weight excluding hydrogens is 921 g/mol. The molecule has 0 aliphatic heterocycles. The first-order valence-corrected chi connectivity index (χ1v) is 24.2.